The van der Waals surface area contributed by atoms with Crippen molar-refractivity contribution in [2.75, 3.05) is 20.3 Å². The molecular formula is C22H22N4O4. The van der Waals surface area contributed by atoms with E-state index < -0.39 is 6.10 Å². The second-order valence-electron chi connectivity index (χ2n) is 7.69. The quantitative estimate of drug-likeness (QED) is 0.574. The van der Waals surface area contributed by atoms with Gasteiger partial charge in [0.2, 0.25) is 0 Å². The maximum absolute atomic E-state index is 9.63. The van der Waals surface area contributed by atoms with Gasteiger partial charge in [0, 0.05) is 28.3 Å². The van der Waals surface area contributed by atoms with E-state index in [1.165, 1.54) is 0 Å². The number of rotatable bonds is 6. The van der Waals surface area contributed by atoms with Crippen molar-refractivity contribution in [1.29, 1.82) is 5.26 Å². The van der Waals surface area contributed by atoms with Crippen LogP contribution in [0.1, 0.15) is 30.7 Å². The summed E-state index contributed by atoms with van der Waals surface area (Å²) in [5, 5.41) is 35.3. The zero-order chi connectivity index (χ0) is 21.5. The molecule has 0 bridgehead atoms. The van der Waals surface area contributed by atoms with Crippen LogP contribution in [0.2, 0.25) is 0 Å². The number of ether oxygens (including phenoxy) is 2. The highest BCUT2D eigenvalue weighted by atomic mass is 16.5. The minimum atomic E-state index is -0.969. The normalized spacial score (nSPS) is 14.5. The van der Waals surface area contributed by atoms with Gasteiger partial charge in [-0.1, -0.05) is 13.8 Å². The third kappa shape index (κ3) is 3.09. The van der Waals surface area contributed by atoms with Crippen molar-refractivity contribution in [2.45, 2.75) is 25.4 Å². The lowest BCUT2D eigenvalue weighted by Gasteiger charge is -2.23. The Morgan fingerprint density at radius 2 is 2.07 bits per heavy atom. The molecule has 1 aliphatic rings. The fraction of sp³-hybridized carbons (Fsp3) is 0.318. The van der Waals surface area contributed by atoms with E-state index in [-0.39, 0.29) is 18.6 Å². The summed E-state index contributed by atoms with van der Waals surface area (Å²) < 4.78 is 11.2. The van der Waals surface area contributed by atoms with Crippen molar-refractivity contribution >= 4 is 0 Å². The molecule has 1 aliphatic carbocycles. The zero-order valence-corrected chi connectivity index (χ0v) is 16.9. The van der Waals surface area contributed by atoms with Gasteiger partial charge in [-0.25, -0.2) is 4.98 Å². The average Bonchev–Trinajstić information content (AvgIpc) is 3.30. The molecule has 8 nitrogen and oxygen atoms in total. The molecular weight excluding hydrogens is 384 g/mol. The summed E-state index contributed by atoms with van der Waals surface area (Å²) in [4.78, 5) is 4.17. The smallest absolute Gasteiger partial charge is 0.161 e. The number of aromatic nitrogens is 3. The Kier molecular flexibility index (Phi) is 4.94. The average molecular weight is 406 g/mol. The number of nitriles is 1. The van der Waals surface area contributed by atoms with Gasteiger partial charge in [0.1, 0.15) is 24.5 Å². The number of nitrogens with zero attached hydrogens (tertiary/aromatic N) is 3. The summed E-state index contributed by atoms with van der Waals surface area (Å²) in [6, 6.07) is 9.34. The number of H-pyrrole nitrogens is 1. The van der Waals surface area contributed by atoms with E-state index in [4.69, 9.17) is 19.8 Å². The Hall–Kier alpha value is -3.41. The second kappa shape index (κ2) is 7.44. The van der Waals surface area contributed by atoms with Gasteiger partial charge in [0.05, 0.1) is 25.1 Å². The van der Waals surface area contributed by atoms with Gasteiger partial charge in [0.15, 0.2) is 11.5 Å². The monoisotopic (exact) mass is 406 g/mol. The Morgan fingerprint density at radius 1 is 1.27 bits per heavy atom. The Morgan fingerprint density at radius 3 is 2.70 bits per heavy atom. The van der Waals surface area contributed by atoms with Gasteiger partial charge in [-0.3, -0.25) is 5.10 Å². The molecule has 0 spiro atoms. The third-order valence-corrected chi connectivity index (χ3v) is 5.43. The molecule has 4 rings (SSSR count). The van der Waals surface area contributed by atoms with E-state index in [0.29, 0.717) is 17.2 Å². The first-order valence-electron chi connectivity index (χ1n) is 9.50. The van der Waals surface area contributed by atoms with Crippen LogP contribution in [0.5, 0.6) is 11.5 Å². The van der Waals surface area contributed by atoms with Gasteiger partial charge >= 0.3 is 0 Å². The summed E-state index contributed by atoms with van der Waals surface area (Å²) in [6.07, 6.45) is 0.683. The highest BCUT2D eigenvalue weighted by molar-refractivity contribution is 5.86. The largest absolute Gasteiger partial charge is 0.493 e. The Bertz CT molecular complexity index is 1130. The van der Waals surface area contributed by atoms with Crippen molar-refractivity contribution in [2.24, 2.45) is 0 Å². The van der Waals surface area contributed by atoms with Crippen molar-refractivity contribution in [3.63, 3.8) is 0 Å². The highest BCUT2D eigenvalue weighted by Crippen LogP contribution is 2.53. The van der Waals surface area contributed by atoms with Crippen LogP contribution in [0.3, 0.4) is 0 Å². The Balaban J connectivity index is 1.79. The molecule has 0 radical (unpaired) electrons. The summed E-state index contributed by atoms with van der Waals surface area (Å²) in [7, 11) is 1.55. The summed E-state index contributed by atoms with van der Waals surface area (Å²) >= 11 is 0. The van der Waals surface area contributed by atoms with Crippen molar-refractivity contribution in [3.8, 4) is 40.1 Å². The highest BCUT2D eigenvalue weighted by Gasteiger charge is 2.41. The van der Waals surface area contributed by atoms with Crippen LogP contribution in [0.4, 0.5) is 0 Å². The van der Waals surface area contributed by atoms with Crippen molar-refractivity contribution in [1.82, 2.24) is 15.2 Å². The molecule has 0 amide bonds. The molecule has 0 unspecified atom stereocenters. The predicted octanol–water partition coefficient (Wildman–Crippen LogP) is 2.39. The minimum absolute atomic E-state index is 0.0406. The first-order chi connectivity index (χ1) is 14.4. The van der Waals surface area contributed by atoms with E-state index in [1.54, 1.807) is 19.4 Å². The molecule has 0 fully saturated rings. The molecule has 0 saturated heterocycles. The fourth-order valence-electron chi connectivity index (χ4n) is 3.88. The molecule has 1 aromatic carbocycles. The van der Waals surface area contributed by atoms with Crippen LogP contribution >= 0.6 is 0 Å². The lowest BCUT2D eigenvalue weighted by atomic mass is 9.81. The van der Waals surface area contributed by atoms with E-state index in [9.17, 15) is 5.11 Å². The third-order valence-electron chi connectivity index (χ3n) is 5.43. The number of nitrogens with one attached hydrogen (secondary N) is 1. The number of methoxy groups -OCH3 is 1. The first-order valence-corrected chi connectivity index (χ1v) is 9.50. The van der Waals surface area contributed by atoms with E-state index in [1.807, 2.05) is 24.3 Å². The van der Waals surface area contributed by atoms with Crippen LogP contribution in [0, 0.1) is 11.3 Å². The van der Waals surface area contributed by atoms with Crippen molar-refractivity contribution in [3.05, 3.63) is 47.3 Å². The number of aromatic amines is 1. The fourth-order valence-corrected chi connectivity index (χ4v) is 3.88. The predicted molar refractivity (Wildman–Crippen MR) is 109 cm³/mol. The van der Waals surface area contributed by atoms with Crippen molar-refractivity contribution < 1.29 is 19.7 Å². The minimum Gasteiger partial charge on any atom is -0.493 e. The molecule has 30 heavy (non-hydrogen) atoms. The SMILES string of the molecule is COc1cc2c(cc1OC[C@@H](O)CO)C(C)(C)c1c(-c3ccc(C#N)nc3)n[nH]c1-2. The lowest BCUT2D eigenvalue weighted by Crippen LogP contribution is -2.22. The van der Waals surface area contributed by atoms with Crippen LogP contribution in [0.15, 0.2) is 30.5 Å². The molecule has 2 heterocycles. The van der Waals surface area contributed by atoms with Gasteiger partial charge in [-0.15, -0.1) is 0 Å². The summed E-state index contributed by atoms with van der Waals surface area (Å²) in [5.41, 5.74) is 5.48. The van der Waals surface area contributed by atoms with Gasteiger partial charge in [0.25, 0.3) is 0 Å². The first kappa shape index (κ1) is 19.9. The Labute approximate surface area is 173 Å². The van der Waals surface area contributed by atoms with E-state index in [0.717, 1.165) is 33.6 Å². The number of pyridine rings is 1. The molecule has 0 saturated carbocycles. The topological polar surface area (TPSA) is 124 Å². The van der Waals surface area contributed by atoms with E-state index >= 15 is 0 Å². The maximum atomic E-state index is 9.63. The van der Waals surface area contributed by atoms with Gasteiger partial charge in [-0.05, 0) is 29.8 Å². The molecule has 154 valence electrons. The second-order valence-corrected chi connectivity index (χ2v) is 7.69. The number of hydrogen-bond donors (Lipinski definition) is 3. The van der Waals surface area contributed by atoms with E-state index in [2.05, 4.69) is 29.0 Å². The molecule has 3 N–H and O–H groups in total. The molecule has 2 aromatic heterocycles. The molecule has 8 heteroatoms. The lowest BCUT2D eigenvalue weighted by molar-refractivity contribution is 0.0527. The number of benzene rings is 1. The van der Waals surface area contributed by atoms with Crippen LogP contribution in [0.25, 0.3) is 22.5 Å². The molecule has 3 aromatic rings. The van der Waals surface area contributed by atoms with Gasteiger partial charge in [-0.2, -0.15) is 10.4 Å². The molecule has 1 atom stereocenters. The van der Waals surface area contributed by atoms with Gasteiger partial charge < -0.3 is 19.7 Å². The van der Waals surface area contributed by atoms with Crippen LogP contribution in [-0.2, 0) is 5.41 Å². The number of aliphatic hydroxyl groups excluding tert-OH is 2. The number of aliphatic hydroxyl groups is 2. The van der Waals surface area contributed by atoms with Crippen LogP contribution in [-0.4, -0.2) is 51.8 Å². The summed E-state index contributed by atoms with van der Waals surface area (Å²) in [6.45, 7) is 3.79. The summed E-state index contributed by atoms with van der Waals surface area (Å²) in [5.74, 6) is 1.02. The number of hydrogen-bond acceptors (Lipinski definition) is 7. The van der Waals surface area contributed by atoms with Crippen LogP contribution < -0.4 is 9.47 Å². The zero-order valence-electron chi connectivity index (χ0n) is 16.9. The molecule has 0 aliphatic heterocycles. The standard InChI is InChI=1S/C22H22N4O4/c1-22(2)16-7-18(30-11-14(28)10-27)17(29-3)6-15(16)21-19(22)20(25-26-21)12-4-5-13(8-23)24-9-12/h4-7,9,14,27-28H,10-11H2,1-3H3,(H,25,26)/t14-/m0/s1. The number of fused-ring (bicyclic) bond motifs is 3. The maximum Gasteiger partial charge on any atom is 0.161 e.